The molecule has 2 nitrogen and oxygen atoms in total. The molecular weight excluding hydrogens is 437 g/mol. The van der Waals surface area contributed by atoms with Crippen molar-refractivity contribution in [1.82, 2.24) is 0 Å². The lowest BCUT2D eigenvalue weighted by molar-refractivity contribution is -0.116. The smallest absolute Gasteiger partial charge is 0.224 e. The van der Waals surface area contributed by atoms with Crippen molar-refractivity contribution in [1.29, 1.82) is 0 Å². The van der Waals surface area contributed by atoms with Crippen LogP contribution < -0.4 is 5.32 Å². The number of nitrogens with one attached hydrogen (secondary N) is 1. The van der Waals surface area contributed by atoms with E-state index in [0.29, 0.717) is 22.2 Å². The third-order valence-corrected chi connectivity index (χ3v) is 7.05. The Morgan fingerprint density at radius 3 is 1.50 bits per heavy atom. The van der Waals surface area contributed by atoms with E-state index in [4.69, 9.17) is 23.2 Å². The molecule has 0 atom stereocenters. The van der Waals surface area contributed by atoms with Gasteiger partial charge in [-0.15, -0.1) is 0 Å². The highest BCUT2D eigenvalue weighted by molar-refractivity contribution is 6.43. The van der Waals surface area contributed by atoms with Crippen molar-refractivity contribution < 1.29 is 4.79 Å². The molecule has 32 heavy (non-hydrogen) atoms. The Morgan fingerprint density at radius 1 is 0.656 bits per heavy atom. The first-order valence-corrected chi connectivity index (χ1v) is 14.1. The Bertz CT molecular complexity index is 591. The molecule has 0 aliphatic rings. The molecule has 184 valence electrons. The maximum atomic E-state index is 12.0. The summed E-state index contributed by atoms with van der Waals surface area (Å²) in [6.45, 7) is 2.29. The third-order valence-electron chi connectivity index (χ3n) is 6.23. The Labute approximate surface area is 208 Å². The van der Waals surface area contributed by atoms with E-state index >= 15 is 0 Å². The molecular formula is C28H47Cl2NO. The van der Waals surface area contributed by atoms with Gasteiger partial charge in [-0.2, -0.15) is 0 Å². The van der Waals surface area contributed by atoms with Gasteiger partial charge in [0, 0.05) is 6.42 Å². The standard InChI is InChI=1S/C28H47Cl2NO/c1-2-3-4-5-6-7-8-9-10-11-12-13-14-15-16-17-18-19-20-24-27(32)31-26-23-21-22-25(29)28(26)30/h21-23H,2-20,24H2,1H3,(H,31,32). The topological polar surface area (TPSA) is 29.1 Å². The van der Waals surface area contributed by atoms with Crippen LogP contribution in [0.2, 0.25) is 10.0 Å². The lowest BCUT2D eigenvalue weighted by Crippen LogP contribution is -2.11. The van der Waals surface area contributed by atoms with Crippen molar-refractivity contribution in [2.45, 2.75) is 135 Å². The van der Waals surface area contributed by atoms with E-state index in [0.717, 1.165) is 12.8 Å². The predicted octanol–water partition coefficient (Wildman–Crippen LogP) is 10.8. The lowest BCUT2D eigenvalue weighted by Gasteiger charge is -2.08. The second-order valence-corrected chi connectivity index (χ2v) is 10.0. The van der Waals surface area contributed by atoms with Crippen LogP contribution >= 0.6 is 23.2 Å². The first-order chi connectivity index (χ1) is 15.6. The zero-order chi connectivity index (χ0) is 23.3. The summed E-state index contributed by atoms with van der Waals surface area (Å²) >= 11 is 12.1. The van der Waals surface area contributed by atoms with Crippen molar-refractivity contribution in [3.05, 3.63) is 28.2 Å². The monoisotopic (exact) mass is 483 g/mol. The summed E-state index contributed by atoms with van der Waals surface area (Å²) in [6.07, 6.45) is 26.3. The summed E-state index contributed by atoms with van der Waals surface area (Å²) in [4.78, 5) is 12.0. The lowest BCUT2D eigenvalue weighted by atomic mass is 10.0. The number of carbonyl (C=O) groups excluding carboxylic acids is 1. The first-order valence-electron chi connectivity index (χ1n) is 13.4. The summed E-state index contributed by atoms with van der Waals surface area (Å²) in [5.41, 5.74) is 0.599. The van der Waals surface area contributed by atoms with Crippen molar-refractivity contribution >= 4 is 34.8 Å². The Morgan fingerprint density at radius 2 is 1.06 bits per heavy atom. The van der Waals surface area contributed by atoms with Gasteiger partial charge in [0.25, 0.3) is 0 Å². The molecule has 1 amide bonds. The van der Waals surface area contributed by atoms with Crippen molar-refractivity contribution in [2.75, 3.05) is 5.32 Å². The number of unbranched alkanes of at least 4 members (excludes halogenated alkanes) is 18. The van der Waals surface area contributed by atoms with Crippen LogP contribution in [0, 0.1) is 0 Å². The van der Waals surface area contributed by atoms with Crippen LogP contribution in [-0.2, 0) is 4.79 Å². The summed E-state index contributed by atoms with van der Waals surface area (Å²) in [7, 11) is 0. The fourth-order valence-corrected chi connectivity index (χ4v) is 4.52. The third kappa shape index (κ3) is 16.0. The van der Waals surface area contributed by atoms with Gasteiger partial charge in [0.15, 0.2) is 0 Å². The molecule has 0 saturated carbocycles. The summed E-state index contributed by atoms with van der Waals surface area (Å²) in [6, 6.07) is 5.29. The van der Waals surface area contributed by atoms with E-state index in [1.54, 1.807) is 18.2 Å². The Hall–Kier alpha value is -0.730. The van der Waals surface area contributed by atoms with Crippen LogP contribution in [0.25, 0.3) is 0 Å². The molecule has 0 aromatic heterocycles. The normalized spacial score (nSPS) is 11.1. The summed E-state index contributed by atoms with van der Waals surface area (Å²) in [5.74, 6) is 0.0149. The van der Waals surface area contributed by atoms with Gasteiger partial charge in [-0.3, -0.25) is 4.79 Å². The van der Waals surface area contributed by atoms with Gasteiger partial charge in [0.1, 0.15) is 0 Å². The molecule has 0 aliphatic heterocycles. The van der Waals surface area contributed by atoms with E-state index in [1.165, 1.54) is 109 Å². The quantitative estimate of drug-likeness (QED) is 0.173. The van der Waals surface area contributed by atoms with Crippen LogP contribution in [0.5, 0.6) is 0 Å². The minimum atomic E-state index is 0.0149. The molecule has 0 unspecified atom stereocenters. The van der Waals surface area contributed by atoms with Crippen molar-refractivity contribution in [3.63, 3.8) is 0 Å². The van der Waals surface area contributed by atoms with E-state index < -0.39 is 0 Å². The SMILES string of the molecule is CCCCCCCCCCCCCCCCCCCCCC(=O)Nc1cccc(Cl)c1Cl. The largest absolute Gasteiger partial charge is 0.325 e. The maximum Gasteiger partial charge on any atom is 0.224 e. The highest BCUT2D eigenvalue weighted by atomic mass is 35.5. The van der Waals surface area contributed by atoms with Crippen LogP contribution in [0.15, 0.2) is 18.2 Å². The van der Waals surface area contributed by atoms with E-state index in [1.807, 2.05) is 0 Å². The van der Waals surface area contributed by atoms with Crippen LogP contribution in [0.3, 0.4) is 0 Å². The number of hydrogen-bond acceptors (Lipinski definition) is 1. The van der Waals surface area contributed by atoms with Crippen molar-refractivity contribution in [2.24, 2.45) is 0 Å². The van der Waals surface area contributed by atoms with Gasteiger partial charge in [0.05, 0.1) is 15.7 Å². The highest BCUT2D eigenvalue weighted by Crippen LogP contribution is 2.29. The second-order valence-electron chi connectivity index (χ2n) is 9.26. The number of hydrogen-bond donors (Lipinski definition) is 1. The average Bonchev–Trinajstić information content (AvgIpc) is 2.78. The Kier molecular flexibility index (Phi) is 19.1. The molecule has 4 heteroatoms. The minimum absolute atomic E-state index is 0.0149. The van der Waals surface area contributed by atoms with Gasteiger partial charge >= 0.3 is 0 Å². The molecule has 1 rings (SSSR count). The minimum Gasteiger partial charge on any atom is -0.325 e. The first kappa shape index (κ1) is 29.3. The number of halogens is 2. The van der Waals surface area contributed by atoms with Crippen LogP contribution in [-0.4, -0.2) is 5.91 Å². The van der Waals surface area contributed by atoms with E-state index in [9.17, 15) is 4.79 Å². The van der Waals surface area contributed by atoms with E-state index in [2.05, 4.69) is 12.2 Å². The zero-order valence-electron chi connectivity index (χ0n) is 20.5. The summed E-state index contributed by atoms with van der Waals surface area (Å²) < 4.78 is 0. The van der Waals surface area contributed by atoms with Gasteiger partial charge in [0.2, 0.25) is 5.91 Å². The highest BCUT2D eigenvalue weighted by Gasteiger charge is 2.08. The Balaban J connectivity index is 1.80. The molecule has 1 aromatic carbocycles. The van der Waals surface area contributed by atoms with E-state index in [-0.39, 0.29) is 5.91 Å². The molecule has 0 fully saturated rings. The zero-order valence-corrected chi connectivity index (χ0v) is 22.1. The molecule has 1 N–H and O–H groups in total. The maximum absolute atomic E-state index is 12.0. The number of amides is 1. The van der Waals surface area contributed by atoms with Crippen molar-refractivity contribution in [3.8, 4) is 0 Å². The van der Waals surface area contributed by atoms with Gasteiger partial charge in [-0.05, 0) is 18.6 Å². The molecule has 0 saturated heterocycles. The van der Waals surface area contributed by atoms with Gasteiger partial charge < -0.3 is 5.32 Å². The fraction of sp³-hybridized carbons (Fsp3) is 0.750. The fourth-order valence-electron chi connectivity index (χ4n) is 4.18. The predicted molar refractivity (Wildman–Crippen MR) is 143 cm³/mol. The molecule has 1 aromatic rings. The van der Waals surface area contributed by atoms with Crippen LogP contribution in [0.4, 0.5) is 5.69 Å². The molecule has 0 heterocycles. The van der Waals surface area contributed by atoms with Gasteiger partial charge in [-0.25, -0.2) is 0 Å². The van der Waals surface area contributed by atoms with Crippen LogP contribution in [0.1, 0.15) is 135 Å². The molecule has 0 aliphatic carbocycles. The number of benzene rings is 1. The second kappa shape index (κ2) is 20.8. The average molecular weight is 485 g/mol. The molecule has 0 radical (unpaired) electrons. The number of rotatable bonds is 21. The molecule has 0 spiro atoms. The van der Waals surface area contributed by atoms with Gasteiger partial charge in [-0.1, -0.05) is 152 Å². The molecule has 0 bridgehead atoms. The number of anilines is 1. The number of carbonyl (C=O) groups is 1. The summed E-state index contributed by atoms with van der Waals surface area (Å²) in [5, 5.41) is 3.73.